The van der Waals surface area contributed by atoms with E-state index in [-0.39, 0.29) is 17.5 Å². The lowest BCUT2D eigenvalue weighted by molar-refractivity contribution is -0.387. The molecule has 33 heavy (non-hydrogen) atoms. The minimum Gasteiger partial charge on any atom is -0.378 e. The molecule has 2 heterocycles. The van der Waals surface area contributed by atoms with Crippen molar-refractivity contribution in [2.45, 2.75) is 16.7 Å². The summed E-state index contributed by atoms with van der Waals surface area (Å²) in [6, 6.07) is 12.7. The maximum absolute atomic E-state index is 14.1. The number of benzene rings is 2. The average Bonchev–Trinajstić information content (AvgIpc) is 2.83. The molecule has 0 atom stereocenters. The Balaban J connectivity index is 1.47. The van der Waals surface area contributed by atoms with E-state index in [9.17, 15) is 14.5 Å². The molecule has 0 saturated carbocycles. The summed E-state index contributed by atoms with van der Waals surface area (Å²) in [6.07, 6.45) is 2.51. The van der Waals surface area contributed by atoms with Gasteiger partial charge in [0.15, 0.2) is 11.6 Å². The number of ether oxygens (including phenoxy) is 1. The van der Waals surface area contributed by atoms with E-state index in [0.717, 1.165) is 16.7 Å². The van der Waals surface area contributed by atoms with Crippen LogP contribution >= 0.6 is 11.8 Å². The van der Waals surface area contributed by atoms with E-state index in [2.05, 4.69) is 20.5 Å². The fourth-order valence-electron chi connectivity index (χ4n) is 3.15. The smallest absolute Gasteiger partial charge is 0.283 e. The van der Waals surface area contributed by atoms with Crippen LogP contribution in [0.5, 0.6) is 0 Å². The molecule has 0 amide bonds. The van der Waals surface area contributed by atoms with Crippen LogP contribution in [0.15, 0.2) is 63.6 Å². The summed E-state index contributed by atoms with van der Waals surface area (Å²) < 4.78 is 19.4. The number of morpholine rings is 1. The molecule has 0 aliphatic carbocycles. The van der Waals surface area contributed by atoms with Gasteiger partial charge in [0.25, 0.3) is 5.69 Å². The number of nitro benzene ring substituents is 1. The predicted octanol–water partition coefficient (Wildman–Crippen LogP) is 4.27. The molecule has 1 saturated heterocycles. The number of nitrogens with one attached hydrogen (secondary N) is 1. The second kappa shape index (κ2) is 10.4. The molecule has 0 spiro atoms. The van der Waals surface area contributed by atoms with Crippen LogP contribution in [-0.2, 0) is 4.74 Å². The molecule has 1 aliphatic heterocycles. The van der Waals surface area contributed by atoms with E-state index in [1.165, 1.54) is 24.0 Å². The van der Waals surface area contributed by atoms with Crippen LogP contribution in [0.25, 0.3) is 0 Å². The molecular formula is C22H21FN6O3S. The summed E-state index contributed by atoms with van der Waals surface area (Å²) >= 11 is 1.33. The number of hydrogen-bond acceptors (Lipinski definition) is 9. The number of hydrazone groups is 1. The van der Waals surface area contributed by atoms with Gasteiger partial charge in [-0.05, 0) is 25.1 Å². The maximum Gasteiger partial charge on any atom is 0.283 e. The molecule has 4 rings (SSSR count). The predicted molar refractivity (Wildman–Crippen MR) is 125 cm³/mol. The van der Waals surface area contributed by atoms with Gasteiger partial charge < -0.3 is 9.64 Å². The normalized spacial score (nSPS) is 13.9. The van der Waals surface area contributed by atoms with E-state index < -0.39 is 10.7 Å². The van der Waals surface area contributed by atoms with Crippen LogP contribution in [0.4, 0.5) is 21.8 Å². The summed E-state index contributed by atoms with van der Waals surface area (Å²) in [5, 5.41) is 15.7. The molecular weight excluding hydrogens is 447 g/mol. The van der Waals surface area contributed by atoms with Gasteiger partial charge in [0.1, 0.15) is 0 Å². The average molecular weight is 469 g/mol. The molecule has 9 nitrogen and oxygen atoms in total. The summed E-state index contributed by atoms with van der Waals surface area (Å²) in [5.41, 5.74) is 4.29. The number of aryl methyl sites for hydroxylation is 1. The van der Waals surface area contributed by atoms with E-state index in [1.54, 1.807) is 17.0 Å². The largest absolute Gasteiger partial charge is 0.378 e. The number of nitrogens with zero attached hydrogens (tertiary/aromatic N) is 5. The molecule has 3 aromatic rings. The Morgan fingerprint density at radius 1 is 1.24 bits per heavy atom. The Labute approximate surface area is 193 Å². The number of aromatic nitrogens is 2. The lowest BCUT2D eigenvalue weighted by Crippen LogP contribution is -2.37. The van der Waals surface area contributed by atoms with E-state index in [0.29, 0.717) is 36.8 Å². The van der Waals surface area contributed by atoms with Crippen molar-refractivity contribution in [3.8, 4) is 0 Å². The summed E-state index contributed by atoms with van der Waals surface area (Å²) in [6.45, 7) is 4.06. The zero-order chi connectivity index (χ0) is 23.2. The van der Waals surface area contributed by atoms with Gasteiger partial charge >= 0.3 is 0 Å². The molecule has 1 N–H and O–H groups in total. The fraction of sp³-hybridized carbons (Fsp3) is 0.227. The first-order valence-corrected chi connectivity index (χ1v) is 11.0. The maximum atomic E-state index is 14.1. The highest BCUT2D eigenvalue weighted by Crippen LogP contribution is 2.35. The topological polar surface area (TPSA) is 106 Å². The first-order valence-electron chi connectivity index (χ1n) is 10.2. The molecule has 0 unspecified atom stereocenters. The van der Waals surface area contributed by atoms with Crippen molar-refractivity contribution >= 4 is 35.4 Å². The lowest BCUT2D eigenvalue weighted by atomic mass is 10.2. The van der Waals surface area contributed by atoms with Gasteiger partial charge in [0.05, 0.1) is 35.4 Å². The Kier molecular flexibility index (Phi) is 7.10. The van der Waals surface area contributed by atoms with Gasteiger partial charge in [-0.1, -0.05) is 35.5 Å². The second-order valence-electron chi connectivity index (χ2n) is 7.23. The van der Waals surface area contributed by atoms with Crippen molar-refractivity contribution < 1.29 is 14.1 Å². The quantitative estimate of drug-likeness (QED) is 0.311. The van der Waals surface area contributed by atoms with Gasteiger partial charge in [0, 0.05) is 29.6 Å². The summed E-state index contributed by atoms with van der Waals surface area (Å²) in [5.74, 6) is -0.224. The van der Waals surface area contributed by atoms with Crippen LogP contribution in [0, 0.1) is 22.9 Å². The van der Waals surface area contributed by atoms with E-state index in [1.807, 2.05) is 31.2 Å². The third-order valence-corrected chi connectivity index (χ3v) is 5.92. The number of halogens is 1. The third-order valence-electron chi connectivity index (χ3n) is 4.84. The number of nitro groups is 1. The number of anilines is 2. The van der Waals surface area contributed by atoms with Crippen molar-refractivity contribution in [1.29, 1.82) is 0 Å². The molecule has 1 aromatic heterocycles. The third kappa shape index (κ3) is 5.82. The van der Waals surface area contributed by atoms with E-state index >= 15 is 0 Å². The monoisotopic (exact) mass is 468 g/mol. The summed E-state index contributed by atoms with van der Waals surface area (Å²) in [7, 11) is 0. The molecule has 1 fully saturated rings. The molecule has 0 radical (unpaired) electrons. The number of rotatable bonds is 7. The molecule has 0 bridgehead atoms. The van der Waals surface area contributed by atoms with Crippen molar-refractivity contribution in [1.82, 2.24) is 9.97 Å². The van der Waals surface area contributed by atoms with Crippen molar-refractivity contribution in [2.24, 2.45) is 5.10 Å². The Hall–Kier alpha value is -3.57. The standard InChI is InChI=1S/C22H21FN6O3S/c1-15-2-5-17(6-3-15)33-20-7-4-16(12-19(20)29(30)31)13-25-27-22-24-14-18(23)21(26-22)28-8-10-32-11-9-28/h2-7,12-14H,8-11H2,1H3,(H,24,26,27). The van der Waals surface area contributed by atoms with Crippen molar-refractivity contribution in [3.63, 3.8) is 0 Å². The summed E-state index contributed by atoms with van der Waals surface area (Å²) in [4.78, 5) is 22.5. The first kappa shape index (κ1) is 22.6. The van der Waals surface area contributed by atoms with Crippen LogP contribution < -0.4 is 10.3 Å². The highest BCUT2D eigenvalue weighted by Gasteiger charge is 2.18. The van der Waals surface area contributed by atoms with Gasteiger partial charge in [-0.2, -0.15) is 10.1 Å². The van der Waals surface area contributed by atoms with Crippen molar-refractivity contribution in [3.05, 3.63) is 75.7 Å². The number of hydrogen-bond donors (Lipinski definition) is 1. The van der Waals surface area contributed by atoms with Crippen LogP contribution in [-0.4, -0.2) is 47.4 Å². The fourth-order valence-corrected chi connectivity index (χ4v) is 4.05. The van der Waals surface area contributed by atoms with E-state index in [4.69, 9.17) is 4.74 Å². The highest BCUT2D eigenvalue weighted by molar-refractivity contribution is 7.99. The van der Waals surface area contributed by atoms with Gasteiger partial charge in [-0.15, -0.1) is 0 Å². The minimum atomic E-state index is -0.524. The Bertz CT molecular complexity index is 1170. The second-order valence-corrected chi connectivity index (χ2v) is 8.35. The lowest BCUT2D eigenvalue weighted by Gasteiger charge is -2.27. The SMILES string of the molecule is Cc1ccc(Sc2ccc(C=NNc3ncc(F)c(N4CCOCC4)n3)cc2[N+](=O)[O-])cc1. The van der Waals surface area contributed by atoms with Gasteiger partial charge in [0.2, 0.25) is 5.95 Å². The minimum absolute atomic E-state index is 0.0165. The Morgan fingerprint density at radius 2 is 2.00 bits per heavy atom. The first-order chi connectivity index (χ1) is 16.0. The highest BCUT2D eigenvalue weighted by atomic mass is 32.2. The molecule has 2 aromatic carbocycles. The van der Waals surface area contributed by atoms with Crippen molar-refractivity contribution in [2.75, 3.05) is 36.6 Å². The molecule has 11 heteroatoms. The zero-order valence-corrected chi connectivity index (χ0v) is 18.6. The van der Waals surface area contributed by atoms with Crippen LogP contribution in [0.2, 0.25) is 0 Å². The zero-order valence-electron chi connectivity index (χ0n) is 17.8. The van der Waals surface area contributed by atoms with Crippen LogP contribution in [0.3, 0.4) is 0 Å². The molecule has 1 aliphatic rings. The Morgan fingerprint density at radius 3 is 2.73 bits per heavy atom. The van der Waals surface area contributed by atoms with Gasteiger partial charge in [-0.25, -0.2) is 14.8 Å². The molecule has 170 valence electrons. The van der Waals surface area contributed by atoms with Gasteiger partial charge in [-0.3, -0.25) is 10.1 Å². The van der Waals surface area contributed by atoms with Crippen LogP contribution in [0.1, 0.15) is 11.1 Å².